The summed E-state index contributed by atoms with van der Waals surface area (Å²) in [7, 11) is 0. The van der Waals surface area contributed by atoms with E-state index < -0.39 is 6.09 Å². The molecule has 0 aliphatic carbocycles. The van der Waals surface area contributed by atoms with Crippen LogP contribution in [0.1, 0.15) is 12.0 Å². The van der Waals surface area contributed by atoms with Gasteiger partial charge in [-0.1, -0.05) is 30.3 Å². The Balaban J connectivity index is 1.77. The van der Waals surface area contributed by atoms with Crippen LogP contribution >= 0.6 is 0 Å². The van der Waals surface area contributed by atoms with Gasteiger partial charge in [0.1, 0.15) is 6.61 Å². The Hall–Kier alpha value is -1.59. The fourth-order valence-corrected chi connectivity index (χ4v) is 2.22. The van der Waals surface area contributed by atoms with Gasteiger partial charge in [0.25, 0.3) is 0 Å². The second-order valence-electron chi connectivity index (χ2n) is 4.75. The second kappa shape index (κ2) is 7.11. The van der Waals surface area contributed by atoms with Gasteiger partial charge >= 0.3 is 6.09 Å². The fourth-order valence-electron chi connectivity index (χ4n) is 2.22. The second-order valence-corrected chi connectivity index (χ2v) is 4.75. The summed E-state index contributed by atoms with van der Waals surface area (Å²) in [6.45, 7) is 1.90. The van der Waals surface area contributed by atoms with Gasteiger partial charge in [-0.05, 0) is 18.5 Å². The zero-order valence-corrected chi connectivity index (χ0v) is 10.8. The molecule has 1 amide bonds. The van der Waals surface area contributed by atoms with Gasteiger partial charge in [-0.25, -0.2) is 4.79 Å². The Labute approximate surface area is 113 Å². The molecule has 0 saturated carbocycles. The first kappa shape index (κ1) is 13.8. The first-order chi connectivity index (χ1) is 9.29. The lowest BCUT2D eigenvalue weighted by Crippen LogP contribution is -2.52. The van der Waals surface area contributed by atoms with Crippen molar-refractivity contribution >= 4 is 6.09 Å². The summed E-state index contributed by atoms with van der Waals surface area (Å²) < 4.78 is 5.16. The number of benzene rings is 1. The van der Waals surface area contributed by atoms with Gasteiger partial charge in [0.05, 0.1) is 0 Å². The summed E-state index contributed by atoms with van der Waals surface area (Å²) in [5, 5.41) is 15.3. The lowest BCUT2D eigenvalue weighted by Gasteiger charge is -2.31. The molecule has 2 rings (SSSR count). The molecule has 0 unspecified atom stereocenters. The summed E-state index contributed by atoms with van der Waals surface area (Å²) in [6.07, 6.45) is 0.427. The van der Waals surface area contributed by atoms with Gasteiger partial charge < -0.3 is 20.5 Å². The van der Waals surface area contributed by atoms with Gasteiger partial charge in [0, 0.05) is 25.1 Å². The van der Waals surface area contributed by atoms with E-state index in [0.29, 0.717) is 6.54 Å². The monoisotopic (exact) mass is 264 g/mol. The number of ether oxygens (including phenoxy) is 1. The van der Waals surface area contributed by atoms with Gasteiger partial charge in [0.2, 0.25) is 0 Å². The van der Waals surface area contributed by atoms with E-state index in [1.165, 1.54) is 0 Å². The van der Waals surface area contributed by atoms with Crippen molar-refractivity contribution in [3.05, 3.63) is 35.9 Å². The van der Waals surface area contributed by atoms with Crippen LogP contribution in [-0.4, -0.2) is 36.9 Å². The normalized spacial score (nSPS) is 22.8. The predicted molar refractivity (Wildman–Crippen MR) is 71.6 cm³/mol. The molecule has 5 heteroatoms. The van der Waals surface area contributed by atoms with Crippen molar-refractivity contribution in [3.8, 4) is 0 Å². The van der Waals surface area contributed by atoms with E-state index in [1.54, 1.807) is 0 Å². The average molecular weight is 264 g/mol. The van der Waals surface area contributed by atoms with Crippen molar-refractivity contribution in [2.45, 2.75) is 19.1 Å². The smallest absolute Gasteiger partial charge is 0.407 e. The Bertz CT molecular complexity index is 397. The third-order valence-electron chi connectivity index (χ3n) is 3.38. The molecule has 0 radical (unpaired) electrons. The van der Waals surface area contributed by atoms with Crippen LogP contribution in [0.25, 0.3) is 0 Å². The molecular weight excluding hydrogens is 244 g/mol. The predicted octanol–water partition coefficient (Wildman–Crippen LogP) is 0.883. The van der Waals surface area contributed by atoms with E-state index in [1.807, 2.05) is 30.3 Å². The molecule has 0 aromatic heterocycles. The highest BCUT2D eigenvalue weighted by Gasteiger charge is 2.26. The molecule has 2 atom stereocenters. The molecule has 0 bridgehead atoms. The van der Waals surface area contributed by atoms with Crippen molar-refractivity contribution in [1.82, 2.24) is 10.6 Å². The van der Waals surface area contributed by atoms with E-state index >= 15 is 0 Å². The quantitative estimate of drug-likeness (QED) is 0.755. The zero-order chi connectivity index (χ0) is 13.5. The zero-order valence-electron chi connectivity index (χ0n) is 10.8. The first-order valence-electron chi connectivity index (χ1n) is 6.58. The molecule has 1 saturated heterocycles. The topological polar surface area (TPSA) is 70.6 Å². The number of amides is 1. The van der Waals surface area contributed by atoms with Crippen molar-refractivity contribution in [1.29, 1.82) is 0 Å². The van der Waals surface area contributed by atoms with Gasteiger partial charge in [-0.2, -0.15) is 0 Å². The van der Waals surface area contributed by atoms with Crippen molar-refractivity contribution in [2.24, 2.45) is 5.92 Å². The minimum absolute atomic E-state index is 0.0676. The molecule has 3 N–H and O–H groups in total. The minimum Gasteiger partial charge on any atom is -0.445 e. The van der Waals surface area contributed by atoms with Crippen LogP contribution in [0.4, 0.5) is 4.79 Å². The summed E-state index contributed by atoms with van der Waals surface area (Å²) in [4.78, 5) is 11.7. The fraction of sp³-hybridized carbons (Fsp3) is 0.500. The van der Waals surface area contributed by atoms with Crippen LogP contribution in [0.15, 0.2) is 30.3 Å². The summed E-state index contributed by atoms with van der Waals surface area (Å²) >= 11 is 0. The van der Waals surface area contributed by atoms with Crippen LogP contribution in [0.5, 0.6) is 0 Å². The number of hydrogen-bond donors (Lipinski definition) is 3. The van der Waals surface area contributed by atoms with Crippen molar-refractivity contribution in [2.75, 3.05) is 19.7 Å². The number of carbonyl (C=O) groups excluding carboxylic acids is 1. The number of alkyl carbamates (subject to hydrolysis) is 1. The lowest BCUT2D eigenvalue weighted by molar-refractivity contribution is 0.117. The SMILES string of the molecule is O=C(N[C@@H]1CNCC[C@H]1CO)OCc1ccccc1. The number of hydrogen-bond acceptors (Lipinski definition) is 4. The maximum absolute atomic E-state index is 11.7. The van der Waals surface area contributed by atoms with Gasteiger partial charge in [-0.3, -0.25) is 0 Å². The lowest BCUT2D eigenvalue weighted by atomic mass is 9.94. The highest BCUT2D eigenvalue weighted by atomic mass is 16.5. The molecule has 1 aromatic rings. The Morgan fingerprint density at radius 3 is 2.95 bits per heavy atom. The van der Waals surface area contributed by atoms with Crippen LogP contribution in [0.2, 0.25) is 0 Å². The summed E-state index contributed by atoms with van der Waals surface area (Å²) in [5.74, 6) is 0.102. The third kappa shape index (κ3) is 4.22. The molecule has 19 heavy (non-hydrogen) atoms. The number of carbonyl (C=O) groups is 1. The van der Waals surface area contributed by atoms with Crippen LogP contribution in [0, 0.1) is 5.92 Å². The average Bonchev–Trinajstić information content (AvgIpc) is 2.47. The molecule has 1 aliphatic rings. The highest BCUT2D eigenvalue weighted by molar-refractivity contribution is 5.67. The summed E-state index contributed by atoms with van der Waals surface area (Å²) in [5.41, 5.74) is 0.957. The number of piperidine rings is 1. The molecule has 5 nitrogen and oxygen atoms in total. The number of aliphatic hydroxyl groups is 1. The third-order valence-corrected chi connectivity index (χ3v) is 3.38. The molecule has 1 heterocycles. The minimum atomic E-state index is -0.434. The largest absolute Gasteiger partial charge is 0.445 e. The van der Waals surface area contributed by atoms with Crippen molar-refractivity contribution < 1.29 is 14.6 Å². The number of aliphatic hydroxyl groups excluding tert-OH is 1. The summed E-state index contributed by atoms with van der Waals surface area (Å²) in [6, 6.07) is 9.48. The van der Waals surface area contributed by atoms with E-state index in [2.05, 4.69) is 10.6 Å². The highest BCUT2D eigenvalue weighted by Crippen LogP contribution is 2.12. The Kier molecular flexibility index (Phi) is 5.18. The Morgan fingerprint density at radius 2 is 2.21 bits per heavy atom. The van der Waals surface area contributed by atoms with Crippen LogP contribution < -0.4 is 10.6 Å². The number of rotatable bonds is 4. The van der Waals surface area contributed by atoms with Crippen LogP contribution in [-0.2, 0) is 11.3 Å². The van der Waals surface area contributed by atoms with Gasteiger partial charge in [-0.15, -0.1) is 0 Å². The maximum Gasteiger partial charge on any atom is 0.407 e. The van der Waals surface area contributed by atoms with E-state index in [4.69, 9.17) is 4.74 Å². The molecule has 1 fully saturated rings. The van der Waals surface area contributed by atoms with Gasteiger partial charge in [0.15, 0.2) is 0 Å². The molecule has 104 valence electrons. The van der Waals surface area contributed by atoms with E-state index in [0.717, 1.165) is 18.5 Å². The first-order valence-corrected chi connectivity index (χ1v) is 6.58. The molecule has 1 aromatic carbocycles. The van der Waals surface area contributed by atoms with Crippen LogP contribution in [0.3, 0.4) is 0 Å². The number of nitrogens with one attached hydrogen (secondary N) is 2. The molecule has 1 aliphatic heterocycles. The standard InChI is InChI=1S/C14H20N2O3/c17-9-12-6-7-15-8-13(12)16-14(18)19-10-11-4-2-1-3-5-11/h1-5,12-13,15,17H,6-10H2,(H,16,18)/t12-,13+/m0/s1. The van der Waals surface area contributed by atoms with Crippen molar-refractivity contribution in [3.63, 3.8) is 0 Å². The molecule has 0 spiro atoms. The van der Waals surface area contributed by atoms with E-state index in [9.17, 15) is 9.90 Å². The molecular formula is C14H20N2O3. The Morgan fingerprint density at radius 1 is 1.42 bits per heavy atom. The maximum atomic E-state index is 11.7. The van der Waals surface area contributed by atoms with E-state index in [-0.39, 0.29) is 25.2 Å².